The molecule has 4 nitrogen and oxygen atoms in total. The summed E-state index contributed by atoms with van der Waals surface area (Å²) in [5.41, 5.74) is 11.9. The molecule has 0 saturated carbocycles. The number of pyridine rings is 2. The van der Waals surface area contributed by atoms with E-state index in [9.17, 15) is 0 Å². The fourth-order valence-corrected chi connectivity index (χ4v) is 8.27. The summed E-state index contributed by atoms with van der Waals surface area (Å²) in [6.45, 7) is 0. The van der Waals surface area contributed by atoms with Crippen molar-refractivity contribution in [1.82, 2.24) is 19.1 Å². The van der Waals surface area contributed by atoms with Crippen LogP contribution in [0.4, 0.5) is 0 Å². The summed E-state index contributed by atoms with van der Waals surface area (Å²) in [6, 6.07) is 67.1. The van der Waals surface area contributed by atoms with Gasteiger partial charge < -0.3 is 4.57 Å². The number of aromatic nitrogens is 4. The van der Waals surface area contributed by atoms with Crippen LogP contribution >= 0.6 is 0 Å². The van der Waals surface area contributed by atoms with Crippen LogP contribution in [-0.2, 0) is 0 Å². The number of rotatable bonds is 5. The van der Waals surface area contributed by atoms with Crippen LogP contribution < -0.4 is 0 Å². The molecule has 0 amide bonds. The van der Waals surface area contributed by atoms with E-state index in [4.69, 9.17) is 9.97 Å². The highest BCUT2D eigenvalue weighted by Gasteiger charge is 2.22. The third-order valence-corrected chi connectivity index (χ3v) is 10.7. The molecule has 11 aromatic rings. The van der Waals surface area contributed by atoms with Crippen molar-refractivity contribution >= 4 is 54.4 Å². The predicted molar refractivity (Wildman–Crippen MR) is 225 cm³/mol. The second-order valence-electron chi connectivity index (χ2n) is 13.9. The molecule has 0 aliphatic rings. The van der Waals surface area contributed by atoms with Gasteiger partial charge >= 0.3 is 0 Å². The van der Waals surface area contributed by atoms with Crippen molar-refractivity contribution in [1.29, 1.82) is 0 Å². The minimum Gasteiger partial charge on any atom is -0.307 e. The van der Waals surface area contributed by atoms with Gasteiger partial charge in [-0.15, -0.1) is 0 Å². The quantitative estimate of drug-likeness (QED) is 0.180. The summed E-state index contributed by atoms with van der Waals surface area (Å²) in [4.78, 5) is 10.2. The summed E-state index contributed by atoms with van der Waals surface area (Å²) >= 11 is 0. The molecule has 54 heavy (non-hydrogen) atoms. The van der Waals surface area contributed by atoms with E-state index < -0.39 is 0 Å². The zero-order valence-corrected chi connectivity index (χ0v) is 29.3. The van der Waals surface area contributed by atoms with E-state index in [0.717, 1.165) is 61.7 Å². The first-order valence-corrected chi connectivity index (χ1v) is 18.3. The Morgan fingerprint density at radius 1 is 0.352 bits per heavy atom. The number of fused-ring (bicyclic) bond motifs is 8. The lowest BCUT2D eigenvalue weighted by Gasteiger charge is -2.15. The average molecular weight is 689 g/mol. The molecule has 0 aliphatic carbocycles. The Balaban J connectivity index is 1.22. The number of nitrogens with zero attached hydrogens (tertiary/aromatic N) is 4. The van der Waals surface area contributed by atoms with Gasteiger partial charge in [-0.2, -0.15) is 0 Å². The smallest absolute Gasteiger partial charge is 0.137 e. The van der Waals surface area contributed by atoms with Crippen LogP contribution in [0, 0.1) is 0 Å². The largest absolute Gasteiger partial charge is 0.307 e. The van der Waals surface area contributed by atoms with Gasteiger partial charge in [0, 0.05) is 38.9 Å². The summed E-state index contributed by atoms with van der Waals surface area (Å²) in [5, 5.41) is 7.24. The molecule has 4 heterocycles. The highest BCUT2D eigenvalue weighted by Crippen LogP contribution is 2.42. The third-order valence-electron chi connectivity index (χ3n) is 10.7. The molecule has 4 aromatic heterocycles. The topological polar surface area (TPSA) is 35.6 Å². The van der Waals surface area contributed by atoms with Gasteiger partial charge in [0.15, 0.2) is 0 Å². The van der Waals surface area contributed by atoms with Crippen molar-refractivity contribution in [3.63, 3.8) is 0 Å². The Morgan fingerprint density at radius 3 is 1.70 bits per heavy atom. The third kappa shape index (κ3) is 4.78. The maximum atomic E-state index is 5.36. The van der Waals surface area contributed by atoms with E-state index in [1.54, 1.807) is 0 Å². The summed E-state index contributed by atoms with van der Waals surface area (Å²) < 4.78 is 4.77. The Morgan fingerprint density at radius 2 is 0.944 bits per heavy atom. The molecule has 0 atom stereocenters. The van der Waals surface area contributed by atoms with Gasteiger partial charge in [0.25, 0.3) is 0 Å². The SMILES string of the molecule is c1ccc(-c2cc(-n3c4ccccc4c4ccc5c6ccccc6n(-c6ccccn6)c5c43)cc(-c3cccc(-c4ccc5ccccc5c4)c3)n2)cc1. The van der Waals surface area contributed by atoms with Crippen molar-refractivity contribution < 1.29 is 0 Å². The van der Waals surface area contributed by atoms with Gasteiger partial charge in [-0.25, -0.2) is 9.97 Å². The molecule has 7 aromatic carbocycles. The number of hydrogen-bond acceptors (Lipinski definition) is 2. The first kappa shape index (κ1) is 30.3. The van der Waals surface area contributed by atoms with Crippen molar-refractivity contribution in [2.24, 2.45) is 0 Å². The van der Waals surface area contributed by atoms with Crippen LogP contribution in [-0.4, -0.2) is 19.1 Å². The minimum atomic E-state index is 0.888. The molecule has 0 N–H and O–H groups in total. The van der Waals surface area contributed by atoms with E-state index >= 15 is 0 Å². The summed E-state index contributed by atoms with van der Waals surface area (Å²) in [6.07, 6.45) is 1.87. The van der Waals surface area contributed by atoms with Gasteiger partial charge in [0.2, 0.25) is 0 Å². The van der Waals surface area contributed by atoms with Crippen molar-refractivity contribution in [2.75, 3.05) is 0 Å². The number of hydrogen-bond donors (Lipinski definition) is 0. The van der Waals surface area contributed by atoms with E-state index in [2.05, 4.69) is 191 Å². The minimum absolute atomic E-state index is 0.888. The Hall–Kier alpha value is -7.30. The highest BCUT2D eigenvalue weighted by atomic mass is 15.1. The lowest BCUT2D eigenvalue weighted by molar-refractivity contribution is 1.07. The number of para-hydroxylation sites is 2. The first-order chi connectivity index (χ1) is 26.8. The van der Waals surface area contributed by atoms with Crippen LogP contribution in [0.1, 0.15) is 0 Å². The fraction of sp³-hybridized carbons (Fsp3) is 0. The van der Waals surface area contributed by atoms with Gasteiger partial charge in [-0.3, -0.25) is 4.57 Å². The van der Waals surface area contributed by atoms with Crippen LogP contribution in [0.2, 0.25) is 0 Å². The van der Waals surface area contributed by atoms with Gasteiger partial charge in [-0.05, 0) is 70.4 Å². The lowest BCUT2D eigenvalue weighted by Crippen LogP contribution is -2.01. The molecule has 0 unspecified atom stereocenters. The molecule has 0 spiro atoms. The van der Waals surface area contributed by atoms with E-state index in [-0.39, 0.29) is 0 Å². The molecule has 0 radical (unpaired) electrons. The molecular formula is C50H32N4. The predicted octanol–water partition coefficient (Wildman–Crippen LogP) is 12.8. The lowest BCUT2D eigenvalue weighted by atomic mass is 9.98. The molecule has 0 saturated heterocycles. The van der Waals surface area contributed by atoms with Gasteiger partial charge in [-0.1, -0.05) is 140 Å². The molecule has 0 fully saturated rings. The Bertz CT molecular complexity index is 3210. The van der Waals surface area contributed by atoms with Crippen molar-refractivity contribution in [3.8, 4) is 45.1 Å². The van der Waals surface area contributed by atoms with Gasteiger partial charge in [0.05, 0.1) is 39.1 Å². The fourth-order valence-electron chi connectivity index (χ4n) is 8.27. The molecular weight excluding hydrogens is 657 g/mol. The van der Waals surface area contributed by atoms with Crippen LogP contribution in [0.5, 0.6) is 0 Å². The van der Waals surface area contributed by atoms with Crippen molar-refractivity contribution in [3.05, 3.63) is 194 Å². The molecule has 252 valence electrons. The standard InChI is InChI=1S/C50H32N4/c1-2-14-34(15-3-1)44-31-39(32-45(52-44)38-18-12-17-36(30-38)37-25-24-33-13-4-5-16-35(33)29-37)53-46-21-8-6-19-40(46)42-26-27-43-41-20-7-9-22-47(41)54(50(43)49(42)53)48-23-10-11-28-51-48/h1-32H. The summed E-state index contributed by atoms with van der Waals surface area (Å²) in [5.74, 6) is 0.888. The monoisotopic (exact) mass is 688 g/mol. The Kier molecular flexibility index (Phi) is 6.82. The maximum absolute atomic E-state index is 5.36. The first-order valence-electron chi connectivity index (χ1n) is 18.3. The summed E-state index contributed by atoms with van der Waals surface area (Å²) in [7, 11) is 0. The molecule has 11 rings (SSSR count). The number of benzene rings is 7. The van der Waals surface area contributed by atoms with E-state index in [1.165, 1.54) is 37.9 Å². The van der Waals surface area contributed by atoms with E-state index in [0.29, 0.717) is 0 Å². The van der Waals surface area contributed by atoms with Crippen LogP contribution in [0.15, 0.2) is 194 Å². The second kappa shape index (κ2) is 12.1. The van der Waals surface area contributed by atoms with Gasteiger partial charge in [0.1, 0.15) is 5.82 Å². The molecule has 0 bridgehead atoms. The van der Waals surface area contributed by atoms with Crippen LogP contribution in [0.3, 0.4) is 0 Å². The molecule has 0 aliphatic heterocycles. The van der Waals surface area contributed by atoms with Crippen LogP contribution in [0.25, 0.3) is 99.5 Å². The second-order valence-corrected chi connectivity index (χ2v) is 13.9. The maximum Gasteiger partial charge on any atom is 0.137 e. The highest BCUT2D eigenvalue weighted by molar-refractivity contribution is 6.23. The Labute approximate surface area is 311 Å². The average Bonchev–Trinajstić information content (AvgIpc) is 3.77. The van der Waals surface area contributed by atoms with E-state index in [1.807, 2.05) is 12.3 Å². The normalized spacial score (nSPS) is 11.7. The zero-order valence-electron chi connectivity index (χ0n) is 29.3. The zero-order chi connectivity index (χ0) is 35.6. The molecule has 4 heteroatoms. The van der Waals surface area contributed by atoms with Crippen molar-refractivity contribution in [2.45, 2.75) is 0 Å².